The van der Waals surface area contributed by atoms with Crippen LogP contribution in [0.25, 0.3) is 0 Å². The van der Waals surface area contributed by atoms with Crippen LogP contribution >= 0.6 is 0 Å². The highest BCUT2D eigenvalue weighted by molar-refractivity contribution is 5.73. The van der Waals surface area contributed by atoms with Crippen LogP contribution in [0.2, 0.25) is 0 Å². The summed E-state index contributed by atoms with van der Waals surface area (Å²) in [5.74, 6) is -0.248. The third kappa shape index (κ3) is 5.05. The van der Waals surface area contributed by atoms with Gasteiger partial charge in [0.15, 0.2) is 0 Å². The van der Waals surface area contributed by atoms with Gasteiger partial charge in [-0.1, -0.05) is 12.1 Å². The molecule has 112 valence electrons. The third-order valence-corrected chi connectivity index (χ3v) is 2.99. The van der Waals surface area contributed by atoms with Gasteiger partial charge in [-0.3, -0.25) is 0 Å². The molecule has 0 aliphatic carbocycles. The molecule has 0 radical (unpaired) electrons. The summed E-state index contributed by atoms with van der Waals surface area (Å²) < 4.78 is 13.5. The molecule has 0 saturated heterocycles. The molecular weight excluding hydrogens is 261 g/mol. The molecule has 2 N–H and O–H groups in total. The van der Waals surface area contributed by atoms with Crippen molar-refractivity contribution in [2.24, 2.45) is 0 Å². The van der Waals surface area contributed by atoms with Crippen LogP contribution in [0.5, 0.6) is 0 Å². The average Bonchev–Trinajstić information content (AvgIpc) is 2.43. The first-order valence-corrected chi connectivity index (χ1v) is 6.61. The molecule has 0 aliphatic rings. The normalized spacial score (nSPS) is 10.2. The summed E-state index contributed by atoms with van der Waals surface area (Å²) in [6.07, 6.45) is 0.712. The molecule has 0 spiro atoms. The molecular formula is C14H22FN3O2. The summed E-state index contributed by atoms with van der Waals surface area (Å²) in [5.41, 5.74) is 0.552. The number of para-hydroxylation sites is 1. The molecule has 0 saturated carbocycles. The highest BCUT2D eigenvalue weighted by atomic mass is 19.1. The van der Waals surface area contributed by atoms with E-state index in [1.807, 2.05) is 11.9 Å². The summed E-state index contributed by atoms with van der Waals surface area (Å²) in [6, 6.07) is 6.39. The van der Waals surface area contributed by atoms with E-state index in [4.69, 9.17) is 5.11 Å². The lowest BCUT2D eigenvalue weighted by molar-refractivity contribution is 0.190. The number of aliphatic hydroxyl groups excluding tert-OH is 1. The van der Waals surface area contributed by atoms with Gasteiger partial charge >= 0.3 is 6.03 Å². The van der Waals surface area contributed by atoms with Crippen molar-refractivity contribution >= 4 is 11.7 Å². The Morgan fingerprint density at radius 1 is 1.30 bits per heavy atom. The zero-order valence-corrected chi connectivity index (χ0v) is 12.0. The van der Waals surface area contributed by atoms with Gasteiger partial charge in [0, 0.05) is 33.7 Å². The first kappa shape index (κ1) is 16.2. The fourth-order valence-corrected chi connectivity index (χ4v) is 1.78. The van der Waals surface area contributed by atoms with E-state index < -0.39 is 0 Å². The Labute approximate surface area is 119 Å². The maximum atomic E-state index is 13.5. The van der Waals surface area contributed by atoms with Gasteiger partial charge < -0.3 is 20.2 Å². The number of hydrogen-bond acceptors (Lipinski definition) is 3. The van der Waals surface area contributed by atoms with E-state index in [9.17, 15) is 9.18 Å². The van der Waals surface area contributed by atoms with Crippen LogP contribution in [0.4, 0.5) is 14.9 Å². The minimum absolute atomic E-state index is 0.0556. The van der Waals surface area contributed by atoms with E-state index in [0.717, 1.165) is 0 Å². The number of urea groups is 1. The van der Waals surface area contributed by atoms with Crippen molar-refractivity contribution in [2.45, 2.75) is 6.42 Å². The Morgan fingerprint density at radius 2 is 2.00 bits per heavy atom. The second-order valence-corrected chi connectivity index (χ2v) is 4.60. The molecule has 0 heterocycles. The summed E-state index contributed by atoms with van der Waals surface area (Å²) in [6.45, 7) is 1.40. The number of anilines is 1. The van der Waals surface area contributed by atoms with Gasteiger partial charge in [-0.2, -0.15) is 0 Å². The standard InChI is InChI=1S/C14H22FN3O2/c1-17(13-7-4-3-6-12(13)15)9-5-8-16-14(20)18(2)10-11-19/h3-4,6-7,19H,5,8-11H2,1-2H3,(H,16,20). The minimum Gasteiger partial charge on any atom is -0.395 e. The number of amides is 2. The average molecular weight is 283 g/mol. The molecule has 0 aromatic heterocycles. The van der Waals surface area contributed by atoms with Crippen molar-refractivity contribution in [1.82, 2.24) is 10.2 Å². The van der Waals surface area contributed by atoms with Crippen LogP contribution < -0.4 is 10.2 Å². The van der Waals surface area contributed by atoms with Gasteiger partial charge in [0.25, 0.3) is 0 Å². The summed E-state index contributed by atoms with van der Waals surface area (Å²) in [7, 11) is 3.44. The van der Waals surface area contributed by atoms with Crippen molar-refractivity contribution < 1.29 is 14.3 Å². The molecule has 1 rings (SSSR count). The molecule has 20 heavy (non-hydrogen) atoms. The molecule has 2 amide bonds. The molecule has 0 atom stereocenters. The molecule has 5 nitrogen and oxygen atoms in total. The second-order valence-electron chi connectivity index (χ2n) is 4.60. The number of benzene rings is 1. The number of halogens is 1. The number of carbonyl (C=O) groups excluding carboxylic acids is 1. The Morgan fingerprint density at radius 3 is 2.65 bits per heavy atom. The molecule has 0 fully saturated rings. The van der Waals surface area contributed by atoms with Gasteiger partial charge in [0.1, 0.15) is 5.82 Å². The zero-order chi connectivity index (χ0) is 15.0. The van der Waals surface area contributed by atoms with E-state index in [0.29, 0.717) is 31.7 Å². The Balaban J connectivity index is 2.28. The molecule has 0 unspecified atom stereocenters. The quantitative estimate of drug-likeness (QED) is 0.741. The number of nitrogens with one attached hydrogen (secondary N) is 1. The molecule has 6 heteroatoms. The number of rotatable bonds is 7. The number of likely N-dealkylation sites (N-methyl/N-ethyl adjacent to an activating group) is 1. The maximum absolute atomic E-state index is 13.5. The highest BCUT2D eigenvalue weighted by Gasteiger charge is 2.08. The first-order valence-electron chi connectivity index (χ1n) is 6.61. The zero-order valence-electron chi connectivity index (χ0n) is 12.0. The van der Waals surface area contributed by atoms with Gasteiger partial charge in [-0.15, -0.1) is 0 Å². The van der Waals surface area contributed by atoms with Gasteiger partial charge in [-0.05, 0) is 18.6 Å². The van der Waals surface area contributed by atoms with Crippen LogP contribution in [-0.4, -0.2) is 56.4 Å². The summed E-state index contributed by atoms with van der Waals surface area (Å²) >= 11 is 0. The third-order valence-electron chi connectivity index (χ3n) is 2.99. The van der Waals surface area contributed by atoms with Crippen LogP contribution in [0.15, 0.2) is 24.3 Å². The predicted molar refractivity (Wildman–Crippen MR) is 77.4 cm³/mol. The largest absolute Gasteiger partial charge is 0.395 e. The van der Waals surface area contributed by atoms with Crippen molar-refractivity contribution in [3.8, 4) is 0 Å². The van der Waals surface area contributed by atoms with Crippen LogP contribution in [-0.2, 0) is 0 Å². The van der Waals surface area contributed by atoms with E-state index in [1.54, 1.807) is 25.2 Å². The summed E-state index contributed by atoms with van der Waals surface area (Å²) in [4.78, 5) is 14.8. The highest BCUT2D eigenvalue weighted by Crippen LogP contribution is 2.16. The number of aliphatic hydroxyl groups is 1. The van der Waals surface area contributed by atoms with E-state index in [-0.39, 0.29) is 18.5 Å². The topological polar surface area (TPSA) is 55.8 Å². The number of carbonyl (C=O) groups is 1. The fraction of sp³-hybridized carbons (Fsp3) is 0.500. The molecule has 1 aromatic carbocycles. The van der Waals surface area contributed by atoms with E-state index in [2.05, 4.69) is 5.32 Å². The minimum atomic E-state index is -0.248. The Kier molecular flexibility index (Phi) is 6.79. The number of hydrogen-bond donors (Lipinski definition) is 2. The van der Waals surface area contributed by atoms with Crippen molar-refractivity contribution in [2.75, 3.05) is 45.2 Å². The lowest BCUT2D eigenvalue weighted by Crippen LogP contribution is -2.39. The predicted octanol–water partition coefficient (Wildman–Crippen LogP) is 1.29. The van der Waals surface area contributed by atoms with Crippen LogP contribution in [0.1, 0.15) is 6.42 Å². The van der Waals surface area contributed by atoms with Crippen molar-refractivity contribution in [3.05, 3.63) is 30.1 Å². The van der Waals surface area contributed by atoms with Gasteiger partial charge in [0.2, 0.25) is 0 Å². The van der Waals surface area contributed by atoms with E-state index >= 15 is 0 Å². The monoisotopic (exact) mass is 283 g/mol. The lowest BCUT2D eigenvalue weighted by Gasteiger charge is -2.21. The smallest absolute Gasteiger partial charge is 0.317 e. The van der Waals surface area contributed by atoms with Gasteiger partial charge in [-0.25, -0.2) is 9.18 Å². The first-order chi connectivity index (χ1) is 9.56. The molecule has 1 aromatic rings. The Bertz CT molecular complexity index is 429. The molecule has 0 aliphatic heterocycles. The summed E-state index contributed by atoms with van der Waals surface area (Å²) in [5, 5.41) is 11.5. The lowest BCUT2D eigenvalue weighted by atomic mass is 10.2. The maximum Gasteiger partial charge on any atom is 0.317 e. The fourth-order valence-electron chi connectivity index (χ4n) is 1.78. The van der Waals surface area contributed by atoms with E-state index in [1.165, 1.54) is 11.0 Å². The molecule has 0 bridgehead atoms. The second kappa shape index (κ2) is 8.37. The van der Waals surface area contributed by atoms with Crippen LogP contribution in [0, 0.1) is 5.82 Å². The van der Waals surface area contributed by atoms with Crippen molar-refractivity contribution in [3.63, 3.8) is 0 Å². The number of nitrogens with zero attached hydrogens (tertiary/aromatic N) is 2. The van der Waals surface area contributed by atoms with Crippen molar-refractivity contribution in [1.29, 1.82) is 0 Å². The van der Waals surface area contributed by atoms with Gasteiger partial charge in [0.05, 0.1) is 12.3 Å². The SMILES string of the molecule is CN(CCO)C(=O)NCCCN(C)c1ccccc1F. The Hall–Kier alpha value is -1.82. The van der Waals surface area contributed by atoms with Crippen LogP contribution in [0.3, 0.4) is 0 Å².